The quantitative estimate of drug-likeness (QED) is 0.821. The van der Waals surface area contributed by atoms with E-state index in [9.17, 15) is 13.2 Å². The van der Waals surface area contributed by atoms with Crippen LogP contribution in [-0.4, -0.2) is 49.4 Å². The number of rotatable bonds is 2. The molecule has 0 radical (unpaired) electrons. The minimum Gasteiger partial charge on any atom is -0.337 e. The summed E-state index contributed by atoms with van der Waals surface area (Å²) in [5.41, 5.74) is 0.487. The van der Waals surface area contributed by atoms with Crippen molar-refractivity contribution < 1.29 is 13.2 Å². The summed E-state index contributed by atoms with van der Waals surface area (Å²) < 4.78 is 29.0. The van der Waals surface area contributed by atoms with Crippen molar-refractivity contribution >= 4 is 33.2 Å². The molecule has 21 heavy (non-hydrogen) atoms. The average Bonchev–Trinajstić information content (AvgIpc) is 3.13. The van der Waals surface area contributed by atoms with E-state index in [-0.39, 0.29) is 11.6 Å². The maximum atomic E-state index is 12.5. The molecule has 1 aromatic heterocycles. The third-order valence-electron chi connectivity index (χ3n) is 3.56. The largest absolute Gasteiger partial charge is 0.345 e. The van der Waals surface area contributed by atoms with E-state index >= 15 is 0 Å². The Bertz CT molecular complexity index is 714. The van der Waals surface area contributed by atoms with Gasteiger partial charge in [0, 0.05) is 20.1 Å². The molecule has 8 heteroatoms. The highest BCUT2D eigenvalue weighted by Gasteiger charge is 2.33. The fourth-order valence-electron chi connectivity index (χ4n) is 2.38. The lowest BCUT2D eigenvalue weighted by molar-refractivity contribution is -0.127. The van der Waals surface area contributed by atoms with Crippen LogP contribution in [0.25, 0.3) is 0 Å². The molecule has 6 nitrogen and oxygen atoms in total. The molecule has 1 saturated heterocycles. The topological polar surface area (TPSA) is 70.1 Å². The van der Waals surface area contributed by atoms with Gasteiger partial charge in [-0.3, -0.25) is 4.79 Å². The summed E-state index contributed by atoms with van der Waals surface area (Å²) in [5, 5.41) is 1.85. The van der Waals surface area contributed by atoms with Crippen molar-refractivity contribution in [2.45, 2.75) is 12.8 Å². The zero-order chi connectivity index (χ0) is 15.0. The smallest absolute Gasteiger partial charge is 0.337 e. The van der Waals surface area contributed by atoms with Crippen molar-refractivity contribution in [3.8, 4) is 0 Å². The van der Waals surface area contributed by atoms with E-state index in [4.69, 9.17) is 0 Å². The number of hydrogen-bond acceptors (Lipinski definition) is 4. The van der Waals surface area contributed by atoms with Crippen molar-refractivity contribution in [3.63, 3.8) is 0 Å². The monoisotopic (exact) mass is 325 g/mol. The SMILES string of the molecule is CN1C(C(=O)N2CCCC2)=CC(c2cccs2)=NS1(=O)=O. The van der Waals surface area contributed by atoms with Gasteiger partial charge < -0.3 is 4.90 Å². The van der Waals surface area contributed by atoms with Gasteiger partial charge in [-0.1, -0.05) is 6.07 Å². The van der Waals surface area contributed by atoms with Gasteiger partial charge in [0.25, 0.3) is 5.91 Å². The van der Waals surface area contributed by atoms with E-state index in [1.165, 1.54) is 18.4 Å². The van der Waals surface area contributed by atoms with Gasteiger partial charge in [-0.15, -0.1) is 15.7 Å². The molecular weight excluding hydrogens is 310 g/mol. The summed E-state index contributed by atoms with van der Waals surface area (Å²) in [7, 11) is -2.48. The number of nitrogens with zero attached hydrogens (tertiary/aromatic N) is 3. The van der Waals surface area contributed by atoms with Crippen LogP contribution in [0.15, 0.2) is 33.7 Å². The fourth-order valence-corrected chi connectivity index (χ4v) is 4.02. The first kappa shape index (κ1) is 14.3. The molecule has 2 aliphatic heterocycles. The summed E-state index contributed by atoms with van der Waals surface area (Å²) in [6.07, 6.45) is 3.48. The first-order valence-corrected chi connectivity index (χ1v) is 8.90. The Kier molecular flexibility index (Phi) is 3.58. The van der Waals surface area contributed by atoms with E-state index in [2.05, 4.69) is 4.40 Å². The van der Waals surface area contributed by atoms with Crippen molar-refractivity contribution in [2.24, 2.45) is 4.40 Å². The number of amides is 1. The van der Waals surface area contributed by atoms with Crippen LogP contribution in [0, 0.1) is 0 Å². The Balaban J connectivity index is 2.01. The Labute approximate surface area is 127 Å². The van der Waals surface area contributed by atoms with Gasteiger partial charge in [0.2, 0.25) is 0 Å². The maximum Gasteiger partial charge on any atom is 0.345 e. The fraction of sp³-hybridized carbons (Fsp3) is 0.385. The van der Waals surface area contributed by atoms with Gasteiger partial charge in [0.1, 0.15) is 5.70 Å². The van der Waals surface area contributed by atoms with E-state index < -0.39 is 10.2 Å². The number of likely N-dealkylation sites (tertiary alicyclic amines) is 1. The molecule has 0 aromatic carbocycles. The molecular formula is C13H15N3O3S2. The Morgan fingerprint density at radius 3 is 2.67 bits per heavy atom. The molecule has 0 saturated carbocycles. The summed E-state index contributed by atoms with van der Waals surface area (Å²) in [6.45, 7) is 1.35. The number of likely N-dealkylation sites (N-methyl/N-ethyl adjacent to an activating group) is 1. The minimum absolute atomic E-state index is 0.162. The maximum absolute atomic E-state index is 12.5. The van der Waals surface area contributed by atoms with E-state index in [0.717, 1.165) is 22.0 Å². The van der Waals surface area contributed by atoms with Crippen LogP contribution in [-0.2, 0) is 15.0 Å². The van der Waals surface area contributed by atoms with Crippen molar-refractivity contribution in [1.82, 2.24) is 9.21 Å². The van der Waals surface area contributed by atoms with E-state index in [0.29, 0.717) is 18.8 Å². The van der Waals surface area contributed by atoms with E-state index in [1.54, 1.807) is 17.0 Å². The average molecular weight is 325 g/mol. The van der Waals surface area contributed by atoms with Crippen LogP contribution >= 0.6 is 11.3 Å². The molecule has 3 rings (SSSR count). The molecule has 2 aliphatic rings. The Hall–Kier alpha value is -1.67. The molecule has 3 heterocycles. The third-order valence-corrected chi connectivity index (χ3v) is 5.77. The Morgan fingerprint density at radius 2 is 2.05 bits per heavy atom. The van der Waals surface area contributed by atoms with Crippen LogP contribution in [0.4, 0.5) is 0 Å². The molecule has 1 amide bonds. The van der Waals surface area contributed by atoms with Crippen molar-refractivity contribution in [1.29, 1.82) is 0 Å². The first-order valence-electron chi connectivity index (χ1n) is 6.63. The minimum atomic E-state index is -3.85. The summed E-state index contributed by atoms with van der Waals surface area (Å²) >= 11 is 1.39. The number of thiophene rings is 1. The highest BCUT2D eigenvalue weighted by atomic mass is 32.2. The van der Waals surface area contributed by atoms with Crippen LogP contribution in [0.1, 0.15) is 17.7 Å². The molecule has 0 N–H and O–H groups in total. The van der Waals surface area contributed by atoms with Gasteiger partial charge in [-0.25, -0.2) is 4.31 Å². The molecule has 0 atom stereocenters. The molecule has 1 aromatic rings. The molecule has 0 unspecified atom stereocenters. The van der Waals surface area contributed by atoms with Crippen molar-refractivity contribution in [3.05, 3.63) is 34.2 Å². The number of allylic oxidation sites excluding steroid dienone is 1. The summed E-state index contributed by atoms with van der Waals surface area (Å²) in [5.74, 6) is -0.248. The predicted octanol–water partition coefficient (Wildman–Crippen LogP) is 1.23. The number of carbonyl (C=O) groups is 1. The second-order valence-electron chi connectivity index (χ2n) is 4.93. The number of hydrogen-bond donors (Lipinski definition) is 0. The lowest BCUT2D eigenvalue weighted by atomic mass is 10.2. The van der Waals surface area contributed by atoms with Gasteiger partial charge >= 0.3 is 10.2 Å². The zero-order valence-electron chi connectivity index (χ0n) is 11.5. The van der Waals surface area contributed by atoms with Crippen LogP contribution in [0.3, 0.4) is 0 Å². The predicted molar refractivity (Wildman–Crippen MR) is 81.4 cm³/mol. The zero-order valence-corrected chi connectivity index (χ0v) is 13.2. The highest BCUT2D eigenvalue weighted by molar-refractivity contribution is 7.88. The highest BCUT2D eigenvalue weighted by Crippen LogP contribution is 2.24. The van der Waals surface area contributed by atoms with E-state index in [1.807, 2.05) is 11.4 Å². The summed E-state index contributed by atoms with van der Waals surface area (Å²) in [4.78, 5) is 14.9. The lowest BCUT2D eigenvalue weighted by Crippen LogP contribution is -2.39. The third kappa shape index (κ3) is 2.60. The molecule has 0 spiro atoms. The molecule has 0 bridgehead atoms. The molecule has 1 fully saturated rings. The second kappa shape index (κ2) is 5.27. The van der Waals surface area contributed by atoms with Gasteiger partial charge in [0.05, 0.1) is 10.6 Å². The van der Waals surface area contributed by atoms with Crippen LogP contribution < -0.4 is 0 Å². The van der Waals surface area contributed by atoms with Gasteiger partial charge in [0.15, 0.2) is 0 Å². The normalized spacial score (nSPS) is 21.2. The number of carbonyl (C=O) groups excluding carboxylic acids is 1. The molecule has 112 valence electrons. The van der Waals surface area contributed by atoms with Gasteiger partial charge in [-0.05, 0) is 30.4 Å². The first-order chi connectivity index (χ1) is 9.99. The lowest BCUT2D eigenvalue weighted by Gasteiger charge is -2.26. The Morgan fingerprint density at radius 1 is 1.33 bits per heavy atom. The van der Waals surface area contributed by atoms with Gasteiger partial charge in [-0.2, -0.15) is 8.42 Å². The van der Waals surface area contributed by atoms with Crippen molar-refractivity contribution in [2.75, 3.05) is 20.1 Å². The summed E-state index contributed by atoms with van der Waals surface area (Å²) in [6, 6.07) is 3.61. The molecule has 0 aliphatic carbocycles. The second-order valence-corrected chi connectivity index (χ2v) is 7.50. The van der Waals surface area contributed by atoms with Crippen LogP contribution in [0.2, 0.25) is 0 Å². The van der Waals surface area contributed by atoms with Crippen LogP contribution in [0.5, 0.6) is 0 Å². The standard InChI is InChI=1S/C13H15N3O3S2/c1-15-11(13(17)16-6-2-3-7-16)9-10(14-21(15,18)19)12-5-4-8-20-12/h4-5,8-9H,2-3,6-7H2,1H3.